The lowest BCUT2D eigenvalue weighted by Crippen LogP contribution is -2.06. The molecule has 20 heavy (non-hydrogen) atoms. The van der Waals surface area contributed by atoms with Gasteiger partial charge in [0.15, 0.2) is 5.78 Å². The zero-order valence-corrected chi connectivity index (χ0v) is 11.4. The quantitative estimate of drug-likeness (QED) is 0.562. The number of carbonyl (C=O) groups is 1. The fraction of sp³-hybridized carbons (Fsp3) is 0. The van der Waals surface area contributed by atoms with Crippen LogP contribution >= 0.6 is 11.6 Å². The van der Waals surface area contributed by atoms with Crippen LogP contribution in [0.25, 0.3) is 10.8 Å². The average molecular weight is 282 g/mol. The van der Waals surface area contributed by atoms with Crippen molar-refractivity contribution in [1.82, 2.24) is 0 Å². The van der Waals surface area contributed by atoms with Crippen LogP contribution in [0.5, 0.6) is 0 Å². The molecule has 2 nitrogen and oxygen atoms in total. The Labute approximate surface area is 121 Å². The molecule has 3 heteroatoms. The molecule has 3 aromatic carbocycles. The predicted molar refractivity (Wildman–Crippen MR) is 83.2 cm³/mol. The third-order valence-electron chi connectivity index (χ3n) is 3.33. The molecule has 0 atom stereocenters. The van der Waals surface area contributed by atoms with Crippen LogP contribution in [0.15, 0.2) is 60.7 Å². The Balaban J connectivity index is 2.21. The maximum absolute atomic E-state index is 12.7. The van der Waals surface area contributed by atoms with E-state index in [0.717, 1.165) is 10.8 Å². The van der Waals surface area contributed by atoms with Gasteiger partial charge in [-0.25, -0.2) is 0 Å². The average Bonchev–Trinajstić information content (AvgIpc) is 2.49. The molecule has 3 aromatic rings. The lowest BCUT2D eigenvalue weighted by atomic mass is 9.96. The second kappa shape index (κ2) is 4.99. The number of carbonyl (C=O) groups excluding carboxylic acids is 1. The highest BCUT2D eigenvalue weighted by molar-refractivity contribution is 6.34. The number of rotatable bonds is 2. The molecule has 0 spiro atoms. The highest BCUT2D eigenvalue weighted by Crippen LogP contribution is 2.27. The molecule has 0 saturated heterocycles. The van der Waals surface area contributed by atoms with E-state index in [1.165, 1.54) is 0 Å². The van der Waals surface area contributed by atoms with E-state index in [0.29, 0.717) is 21.8 Å². The fourth-order valence-electron chi connectivity index (χ4n) is 2.30. The first-order valence-electron chi connectivity index (χ1n) is 6.25. The van der Waals surface area contributed by atoms with Gasteiger partial charge in [0.05, 0.1) is 10.7 Å². The van der Waals surface area contributed by atoms with Crippen LogP contribution < -0.4 is 5.73 Å². The summed E-state index contributed by atoms with van der Waals surface area (Å²) in [5, 5.41) is 2.34. The normalized spacial score (nSPS) is 10.7. The van der Waals surface area contributed by atoms with Crippen LogP contribution in [-0.4, -0.2) is 5.78 Å². The number of nitrogens with two attached hydrogens (primary N) is 1. The maximum atomic E-state index is 12.7. The van der Waals surface area contributed by atoms with Crippen LogP contribution in [0, 0.1) is 0 Å². The van der Waals surface area contributed by atoms with Crippen molar-refractivity contribution in [3.05, 3.63) is 76.8 Å². The third-order valence-corrected chi connectivity index (χ3v) is 3.66. The molecular weight excluding hydrogens is 270 g/mol. The standard InChI is InChI=1S/C17H12ClNO/c18-15-10-4-9-14(16(15)19)17(20)13-8-3-6-11-5-1-2-7-12(11)13/h1-10H,19H2. The fourth-order valence-corrected chi connectivity index (χ4v) is 2.48. The van der Waals surface area contributed by atoms with Crippen LogP contribution in [0.1, 0.15) is 15.9 Å². The van der Waals surface area contributed by atoms with Gasteiger partial charge in [-0.2, -0.15) is 0 Å². The molecule has 0 aliphatic carbocycles. The summed E-state index contributed by atoms with van der Waals surface area (Å²) in [5.74, 6) is -0.109. The van der Waals surface area contributed by atoms with E-state index in [1.807, 2.05) is 42.5 Å². The van der Waals surface area contributed by atoms with Gasteiger partial charge in [-0.3, -0.25) is 4.79 Å². The highest BCUT2D eigenvalue weighted by Gasteiger charge is 2.16. The largest absolute Gasteiger partial charge is 0.397 e. The van der Waals surface area contributed by atoms with Gasteiger partial charge in [0.1, 0.15) is 0 Å². The Bertz CT molecular complexity index is 806. The predicted octanol–water partition coefficient (Wildman–Crippen LogP) is 4.31. The van der Waals surface area contributed by atoms with E-state index in [1.54, 1.807) is 18.2 Å². The van der Waals surface area contributed by atoms with Crippen molar-refractivity contribution >= 4 is 33.8 Å². The third kappa shape index (κ3) is 2.04. The van der Waals surface area contributed by atoms with Crippen LogP contribution in [0.4, 0.5) is 5.69 Å². The number of nitrogen functional groups attached to an aromatic ring is 1. The first kappa shape index (κ1) is 12.7. The van der Waals surface area contributed by atoms with Crippen molar-refractivity contribution < 1.29 is 4.79 Å². The molecular formula is C17H12ClNO. The summed E-state index contributed by atoms with van der Waals surface area (Å²) in [4.78, 5) is 12.7. The van der Waals surface area contributed by atoms with Crippen molar-refractivity contribution in [3.8, 4) is 0 Å². The van der Waals surface area contributed by atoms with Gasteiger partial charge in [0.2, 0.25) is 0 Å². The zero-order valence-electron chi connectivity index (χ0n) is 10.6. The van der Waals surface area contributed by atoms with Crippen LogP contribution in [0.2, 0.25) is 5.02 Å². The van der Waals surface area contributed by atoms with Crippen LogP contribution in [0.3, 0.4) is 0 Å². The lowest BCUT2D eigenvalue weighted by Gasteiger charge is -2.09. The van der Waals surface area contributed by atoms with E-state index in [4.69, 9.17) is 17.3 Å². The first-order valence-corrected chi connectivity index (χ1v) is 6.63. The van der Waals surface area contributed by atoms with Gasteiger partial charge in [-0.1, -0.05) is 60.1 Å². The molecule has 0 radical (unpaired) electrons. The Hall–Kier alpha value is -2.32. The van der Waals surface area contributed by atoms with Crippen LogP contribution in [-0.2, 0) is 0 Å². The number of benzene rings is 3. The molecule has 0 aliphatic rings. The number of ketones is 1. The molecule has 0 unspecified atom stereocenters. The van der Waals surface area contributed by atoms with E-state index in [9.17, 15) is 4.79 Å². The molecule has 0 aromatic heterocycles. The van der Waals surface area contributed by atoms with Gasteiger partial charge in [0, 0.05) is 11.1 Å². The van der Waals surface area contributed by atoms with Crippen molar-refractivity contribution in [3.63, 3.8) is 0 Å². The molecule has 0 bridgehead atoms. The summed E-state index contributed by atoms with van der Waals surface area (Å²) in [6.45, 7) is 0. The first-order chi connectivity index (χ1) is 9.68. The van der Waals surface area contributed by atoms with Gasteiger partial charge < -0.3 is 5.73 Å². The molecule has 2 N–H and O–H groups in total. The van der Waals surface area contributed by atoms with Crippen molar-refractivity contribution in [2.45, 2.75) is 0 Å². The molecule has 0 saturated carbocycles. The number of para-hydroxylation sites is 1. The number of fused-ring (bicyclic) bond motifs is 1. The minimum absolute atomic E-state index is 0.109. The van der Waals surface area contributed by atoms with Gasteiger partial charge in [-0.15, -0.1) is 0 Å². The number of halogens is 1. The molecule has 0 amide bonds. The second-order valence-electron chi connectivity index (χ2n) is 4.56. The maximum Gasteiger partial charge on any atom is 0.195 e. The summed E-state index contributed by atoms with van der Waals surface area (Å²) in [7, 11) is 0. The molecule has 3 rings (SSSR count). The Morgan fingerprint density at radius 2 is 1.50 bits per heavy atom. The lowest BCUT2D eigenvalue weighted by molar-refractivity contribution is 0.104. The molecule has 0 aliphatic heterocycles. The number of hydrogen-bond donors (Lipinski definition) is 1. The highest BCUT2D eigenvalue weighted by atomic mass is 35.5. The molecule has 98 valence electrons. The van der Waals surface area contributed by atoms with E-state index < -0.39 is 0 Å². The molecule has 0 heterocycles. The minimum Gasteiger partial charge on any atom is -0.397 e. The Kier molecular flexibility index (Phi) is 3.17. The Morgan fingerprint density at radius 1 is 0.850 bits per heavy atom. The van der Waals surface area contributed by atoms with Crippen molar-refractivity contribution in [2.75, 3.05) is 5.73 Å². The van der Waals surface area contributed by atoms with Gasteiger partial charge in [-0.05, 0) is 22.9 Å². The summed E-state index contributed by atoms with van der Waals surface area (Å²) in [5.41, 5.74) is 7.31. The number of hydrogen-bond acceptors (Lipinski definition) is 2. The monoisotopic (exact) mass is 281 g/mol. The Morgan fingerprint density at radius 3 is 2.35 bits per heavy atom. The smallest absolute Gasteiger partial charge is 0.195 e. The van der Waals surface area contributed by atoms with Gasteiger partial charge >= 0.3 is 0 Å². The zero-order chi connectivity index (χ0) is 14.1. The summed E-state index contributed by atoms with van der Waals surface area (Å²) in [6, 6.07) is 18.6. The summed E-state index contributed by atoms with van der Waals surface area (Å²) in [6.07, 6.45) is 0. The topological polar surface area (TPSA) is 43.1 Å². The van der Waals surface area contributed by atoms with Crippen molar-refractivity contribution in [1.29, 1.82) is 0 Å². The summed E-state index contributed by atoms with van der Waals surface area (Å²) >= 11 is 5.99. The van der Waals surface area contributed by atoms with E-state index in [-0.39, 0.29) is 5.78 Å². The van der Waals surface area contributed by atoms with E-state index in [2.05, 4.69) is 0 Å². The molecule has 0 fully saturated rings. The summed E-state index contributed by atoms with van der Waals surface area (Å²) < 4.78 is 0. The second-order valence-corrected chi connectivity index (χ2v) is 4.96. The van der Waals surface area contributed by atoms with E-state index >= 15 is 0 Å². The number of anilines is 1. The van der Waals surface area contributed by atoms with Crippen molar-refractivity contribution in [2.24, 2.45) is 0 Å². The minimum atomic E-state index is -0.109. The SMILES string of the molecule is Nc1c(Cl)cccc1C(=O)c1cccc2ccccc12. The van der Waals surface area contributed by atoms with Gasteiger partial charge in [0.25, 0.3) is 0 Å².